The summed E-state index contributed by atoms with van der Waals surface area (Å²) in [5, 5.41) is 3.14. The number of nitrogens with zero attached hydrogens (tertiary/aromatic N) is 1. The summed E-state index contributed by atoms with van der Waals surface area (Å²) in [6.45, 7) is 7.08. The van der Waals surface area contributed by atoms with E-state index in [0.29, 0.717) is 42.5 Å². The molecule has 0 saturated heterocycles. The molecule has 2 aromatic rings. The first kappa shape index (κ1) is 26.0. The molecule has 1 fully saturated rings. The van der Waals surface area contributed by atoms with Gasteiger partial charge in [-0.2, -0.15) is 13.2 Å². The molecule has 0 amide bonds. The average molecular weight is 505 g/mol. The lowest BCUT2D eigenvalue weighted by Gasteiger charge is -2.25. The Kier molecular flexibility index (Phi) is 7.31. The second kappa shape index (κ2) is 10.1. The highest BCUT2D eigenvalue weighted by atomic mass is 19.4. The Hall–Kier alpha value is -3.07. The average Bonchev–Trinajstić information content (AvgIpc) is 3.64. The van der Waals surface area contributed by atoms with Gasteiger partial charge in [-0.1, -0.05) is 12.1 Å². The Morgan fingerprint density at radius 3 is 2.53 bits per heavy atom. The van der Waals surface area contributed by atoms with E-state index in [-0.39, 0.29) is 11.4 Å². The highest BCUT2D eigenvalue weighted by Gasteiger charge is 2.39. The summed E-state index contributed by atoms with van der Waals surface area (Å²) in [7, 11) is 0. The van der Waals surface area contributed by atoms with Gasteiger partial charge in [-0.3, -0.25) is 4.98 Å². The van der Waals surface area contributed by atoms with Crippen LogP contribution in [0.15, 0.2) is 36.5 Å². The van der Waals surface area contributed by atoms with Gasteiger partial charge in [-0.05, 0) is 82.2 Å². The summed E-state index contributed by atoms with van der Waals surface area (Å²) in [5.74, 6) is -0.142. The minimum absolute atomic E-state index is 0.0307. The number of halogens is 3. The molecule has 0 unspecified atom stereocenters. The minimum Gasteiger partial charge on any atom is -0.477 e. The van der Waals surface area contributed by atoms with Crippen LogP contribution in [0, 0.1) is 0 Å². The number of carbonyl (C=O) groups excluding carboxylic acids is 1. The molecule has 1 aromatic heterocycles. The third-order valence-corrected chi connectivity index (χ3v) is 5.91. The third kappa shape index (κ3) is 6.37. The molecule has 4 rings (SSSR count). The first-order valence-corrected chi connectivity index (χ1v) is 12.1. The molecule has 1 aliphatic carbocycles. The molecule has 1 atom stereocenters. The highest BCUT2D eigenvalue weighted by molar-refractivity contribution is 5.97. The van der Waals surface area contributed by atoms with Crippen molar-refractivity contribution in [2.45, 2.75) is 70.8 Å². The van der Waals surface area contributed by atoms with Crippen LogP contribution in [0.3, 0.4) is 0 Å². The van der Waals surface area contributed by atoms with Gasteiger partial charge >= 0.3 is 12.1 Å². The number of rotatable bonds is 7. The molecule has 0 bridgehead atoms. The minimum atomic E-state index is -4.57. The maximum atomic E-state index is 13.5. The van der Waals surface area contributed by atoms with Crippen LogP contribution in [0.25, 0.3) is 5.57 Å². The van der Waals surface area contributed by atoms with Crippen LogP contribution in [0.5, 0.6) is 5.75 Å². The smallest absolute Gasteiger partial charge is 0.425 e. The summed E-state index contributed by atoms with van der Waals surface area (Å²) in [6.07, 6.45) is -0.735. The number of hydrogen-bond acceptors (Lipinski definition) is 6. The van der Waals surface area contributed by atoms with Crippen LogP contribution in [-0.2, 0) is 9.47 Å². The summed E-state index contributed by atoms with van der Waals surface area (Å²) in [4.78, 5) is 17.4. The summed E-state index contributed by atoms with van der Waals surface area (Å²) in [5.41, 5.74) is 2.38. The molecule has 0 spiro atoms. The second-order valence-corrected chi connectivity index (χ2v) is 10.1. The fourth-order valence-corrected chi connectivity index (χ4v) is 3.87. The Balaban J connectivity index is 1.76. The Labute approximate surface area is 208 Å². The van der Waals surface area contributed by atoms with Crippen LogP contribution in [0.1, 0.15) is 74.5 Å². The fraction of sp³-hybridized carbons (Fsp3) is 0.481. The number of ether oxygens (including phenoxy) is 3. The van der Waals surface area contributed by atoms with Crippen molar-refractivity contribution in [3.63, 3.8) is 0 Å². The zero-order valence-corrected chi connectivity index (χ0v) is 20.9. The molecule has 1 saturated carbocycles. The molecular weight excluding hydrogens is 473 g/mol. The van der Waals surface area contributed by atoms with Crippen molar-refractivity contribution in [3.05, 3.63) is 53.4 Å². The van der Waals surface area contributed by atoms with Gasteiger partial charge < -0.3 is 19.5 Å². The molecule has 194 valence electrons. The van der Waals surface area contributed by atoms with E-state index in [4.69, 9.17) is 14.2 Å². The van der Waals surface area contributed by atoms with Crippen molar-refractivity contribution in [2.75, 3.05) is 18.5 Å². The van der Waals surface area contributed by atoms with Crippen LogP contribution in [0.2, 0.25) is 0 Å². The Bertz CT molecular complexity index is 1150. The van der Waals surface area contributed by atoms with Crippen molar-refractivity contribution in [1.82, 2.24) is 4.98 Å². The van der Waals surface area contributed by atoms with Gasteiger partial charge in [-0.25, -0.2) is 4.79 Å². The molecule has 6 nitrogen and oxygen atoms in total. The van der Waals surface area contributed by atoms with Crippen molar-refractivity contribution in [3.8, 4) is 5.75 Å². The standard InChI is InChI=1S/C27H31F3N2O4/c1-16(27(28,29)30)35-24-22(9-12-31-23(24)18-10-13-34-14-11-18)32-21-8-7-19(17-5-6-17)15-20(21)25(33)36-26(2,3)4/h7-10,12,15-17H,5-6,11,13-14H2,1-4H3,(H,31,32)/t16-/m0/s1. The maximum absolute atomic E-state index is 13.5. The first-order chi connectivity index (χ1) is 16.9. The van der Waals surface area contributed by atoms with E-state index in [0.717, 1.165) is 30.9 Å². The molecule has 9 heteroatoms. The van der Waals surface area contributed by atoms with Gasteiger partial charge in [-0.15, -0.1) is 0 Å². The van der Waals surface area contributed by atoms with Gasteiger partial charge in [0, 0.05) is 6.20 Å². The molecule has 2 heterocycles. The predicted molar refractivity (Wildman–Crippen MR) is 131 cm³/mol. The first-order valence-electron chi connectivity index (χ1n) is 12.1. The quantitative estimate of drug-likeness (QED) is 0.419. The Morgan fingerprint density at radius 1 is 1.17 bits per heavy atom. The van der Waals surface area contributed by atoms with Gasteiger partial charge in [0.2, 0.25) is 0 Å². The number of anilines is 2. The lowest BCUT2D eigenvalue weighted by atomic mass is 10.0. The SMILES string of the molecule is C[C@H](Oc1c(Nc2ccc(C3CC3)cc2C(=O)OC(C)(C)C)ccnc1C1=CCOCC1)C(F)(F)F. The van der Waals surface area contributed by atoms with E-state index >= 15 is 0 Å². The molecule has 1 aromatic carbocycles. The number of carbonyl (C=O) groups is 1. The van der Waals surface area contributed by atoms with E-state index in [1.54, 1.807) is 39.0 Å². The van der Waals surface area contributed by atoms with Crippen LogP contribution < -0.4 is 10.1 Å². The summed E-state index contributed by atoms with van der Waals surface area (Å²) >= 11 is 0. The van der Waals surface area contributed by atoms with Crippen LogP contribution >= 0.6 is 0 Å². The number of esters is 1. The third-order valence-electron chi connectivity index (χ3n) is 5.91. The van der Waals surface area contributed by atoms with E-state index in [1.807, 2.05) is 6.07 Å². The summed E-state index contributed by atoms with van der Waals surface area (Å²) in [6, 6.07) is 7.03. The zero-order valence-electron chi connectivity index (χ0n) is 20.9. The van der Waals surface area contributed by atoms with Gasteiger partial charge in [0.15, 0.2) is 11.9 Å². The van der Waals surface area contributed by atoms with E-state index in [1.165, 1.54) is 12.3 Å². The van der Waals surface area contributed by atoms with Gasteiger partial charge in [0.25, 0.3) is 0 Å². The molecule has 2 aliphatic rings. The molecule has 1 N–H and O–H groups in total. The van der Waals surface area contributed by atoms with Crippen LogP contribution in [-0.4, -0.2) is 42.0 Å². The number of pyridine rings is 1. The van der Waals surface area contributed by atoms with E-state index in [2.05, 4.69) is 10.3 Å². The van der Waals surface area contributed by atoms with Crippen molar-refractivity contribution in [1.29, 1.82) is 0 Å². The van der Waals surface area contributed by atoms with Crippen molar-refractivity contribution >= 4 is 22.9 Å². The van der Waals surface area contributed by atoms with Crippen molar-refractivity contribution < 1.29 is 32.2 Å². The Morgan fingerprint density at radius 2 is 1.92 bits per heavy atom. The zero-order chi connectivity index (χ0) is 26.1. The van der Waals surface area contributed by atoms with E-state index in [9.17, 15) is 18.0 Å². The molecule has 1 aliphatic heterocycles. The second-order valence-electron chi connectivity index (χ2n) is 10.1. The normalized spacial score (nSPS) is 17.2. The number of benzene rings is 1. The monoisotopic (exact) mass is 504 g/mol. The van der Waals surface area contributed by atoms with Gasteiger partial charge in [0.1, 0.15) is 11.3 Å². The van der Waals surface area contributed by atoms with Crippen molar-refractivity contribution in [2.24, 2.45) is 0 Å². The maximum Gasteiger partial charge on any atom is 0.425 e. The topological polar surface area (TPSA) is 69.7 Å². The van der Waals surface area contributed by atoms with Gasteiger partial charge in [0.05, 0.1) is 30.2 Å². The predicted octanol–water partition coefficient (Wildman–Crippen LogP) is 6.79. The molecule has 36 heavy (non-hydrogen) atoms. The largest absolute Gasteiger partial charge is 0.477 e. The highest BCUT2D eigenvalue weighted by Crippen LogP contribution is 2.43. The number of alkyl halides is 3. The molecule has 0 radical (unpaired) electrons. The summed E-state index contributed by atoms with van der Waals surface area (Å²) < 4.78 is 56.8. The van der Waals surface area contributed by atoms with Crippen LogP contribution in [0.4, 0.5) is 24.5 Å². The lowest BCUT2D eigenvalue weighted by molar-refractivity contribution is -0.189. The number of aromatic nitrogens is 1. The lowest BCUT2D eigenvalue weighted by Crippen LogP contribution is -2.31. The number of hydrogen-bond donors (Lipinski definition) is 1. The molecular formula is C27H31F3N2O4. The fourth-order valence-electron chi connectivity index (χ4n) is 3.87. The van der Waals surface area contributed by atoms with E-state index < -0.39 is 23.9 Å². The number of nitrogens with one attached hydrogen (secondary N) is 1.